The molecule has 2 heterocycles. The van der Waals surface area contributed by atoms with Crippen molar-refractivity contribution in [2.45, 2.75) is 66.5 Å². The Hall–Kier alpha value is -3.63. The van der Waals surface area contributed by atoms with Gasteiger partial charge in [0.05, 0.1) is 26.2 Å². The van der Waals surface area contributed by atoms with E-state index in [1.165, 1.54) is 0 Å². The van der Waals surface area contributed by atoms with E-state index >= 15 is 0 Å². The normalized spacial score (nSPS) is 17.5. The van der Waals surface area contributed by atoms with Gasteiger partial charge in [-0.2, -0.15) is 5.10 Å². The number of aryl methyl sites for hydroxylation is 1. The summed E-state index contributed by atoms with van der Waals surface area (Å²) >= 11 is 0. The second-order valence-corrected chi connectivity index (χ2v) is 10.6. The number of aromatic nitrogens is 3. The molecule has 3 amide bonds. The zero-order chi connectivity index (χ0) is 28.5. The number of ether oxygens (including phenoxy) is 2. The van der Waals surface area contributed by atoms with Crippen LogP contribution in [-0.4, -0.2) is 70.7 Å². The molecule has 3 rings (SSSR count). The lowest BCUT2D eigenvalue weighted by Crippen LogP contribution is -2.44. The predicted molar refractivity (Wildman–Crippen MR) is 147 cm³/mol. The summed E-state index contributed by atoms with van der Waals surface area (Å²) in [6.45, 7) is 11.2. The fourth-order valence-corrected chi connectivity index (χ4v) is 4.40. The Kier molecular flexibility index (Phi) is 10.7. The quantitative estimate of drug-likeness (QED) is 0.595. The first kappa shape index (κ1) is 29.9. The Morgan fingerprint density at radius 3 is 2.67 bits per heavy atom. The first-order chi connectivity index (χ1) is 18.6. The number of rotatable bonds is 5. The molecule has 2 N–H and O–H groups in total. The largest absolute Gasteiger partial charge is 0.493 e. The molecule has 1 aromatic heterocycles. The van der Waals surface area contributed by atoms with Crippen LogP contribution in [0.25, 0.3) is 0 Å². The van der Waals surface area contributed by atoms with Crippen LogP contribution in [0.15, 0.2) is 18.2 Å². The van der Waals surface area contributed by atoms with Crippen LogP contribution < -0.4 is 20.1 Å². The minimum atomic E-state index is -0.401. The zero-order valence-electron chi connectivity index (χ0n) is 24.0. The molecule has 0 saturated carbocycles. The van der Waals surface area contributed by atoms with Crippen LogP contribution in [0.4, 0.5) is 0 Å². The van der Waals surface area contributed by atoms with Crippen molar-refractivity contribution in [3.63, 3.8) is 0 Å². The van der Waals surface area contributed by atoms with E-state index in [1.807, 2.05) is 13.8 Å². The van der Waals surface area contributed by atoms with Gasteiger partial charge in [-0.3, -0.25) is 14.4 Å². The van der Waals surface area contributed by atoms with Gasteiger partial charge in [-0.05, 0) is 49.8 Å². The molecule has 1 aliphatic heterocycles. The molecular formula is C28H42N6O5. The molecule has 0 saturated heterocycles. The molecule has 2 aromatic rings. The second-order valence-electron chi connectivity index (χ2n) is 10.6. The third-order valence-corrected chi connectivity index (χ3v) is 6.57. The van der Waals surface area contributed by atoms with Gasteiger partial charge in [-0.25, -0.2) is 9.67 Å². The average molecular weight is 543 g/mol. The van der Waals surface area contributed by atoms with Gasteiger partial charge in [-0.15, -0.1) is 0 Å². The van der Waals surface area contributed by atoms with Gasteiger partial charge >= 0.3 is 0 Å². The van der Waals surface area contributed by atoms with Gasteiger partial charge in [0.15, 0.2) is 11.5 Å². The number of hydrogen-bond donors (Lipinski definition) is 2. The van der Waals surface area contributed by atoms with E-state index in [-0.39, 0.29) is 36.8 Å². The summed E-state index contributed by atoms with van der Waals surface area (Å²) in [6.07, 6.45) is 1.62. The Bertz CT molecular complexity index is 1150. The van der Waals surface area contributed by atoms with Gasteiger partial charge in [0.25, 0.3) is 5.91 Å². The van der Waals surface area contributed by atoms with E-state index in [4.69, 9.17) is 9.47 Å². The molecule has 39 heavy (non-hydrogen) atoms. The van der Waals surface area contributed by atoms with Crippen molar-refractivity contribution in [2.75, 3.05) is 33.4 Å². The highest BCUT2D eigenvalue weighted by molar-refractivity contribution is 5.94. The maximum Gasteiger partial charge on any atom is 0.251 e. The summed E-state index contributed by atoms with van der Waals surface area (Å²) in [6, 6.07) is 4.64. The van der Waals surface area contributed by atoms with Crippen molar-refractivity contribution in [3.8, 4) is 11.5 Å². The van der Waals surface area contributed by atoms with Crippen LogP contribution in [0.1, 0.15) is 75.0 Å². The second kappa shape index (κ2) is 14.0. The standard InChI is InChI=1S/C28H42N6O5/c1-18(2)8-11-25(36)33-13-7-12-29-28(37)21-9-10-22(38-6)23(16-21)39-15-14-34-27(30-20(5)32-34)26(19(3)4)31-24(35)17-33/h9-10,16,18-19,26H,7-8,11-15,17H2,1-6H3,(H,29,37)(H,31,35)/t26-/m0/s1. The van der Waals surface area contributed by atoms with E-state index < -0.39 is 6.04 Å². The number of methoxy groups -OCH3 is 1. The summed E-state index contributed by atoms with van der Waals surface area (Å²) in [5.74, 6) is 1.97. The minimum Gasteiger partial charge on any atom is -0.493 e. The molecular weight excluding hydrogens is 500 g/mol. The summed E-state index contributed by atoms with van der Waals surface area (Å²) in [7, 11) is 1.55. The van der Waals surface area contributed by atoms with Gasteiger partial charge in [0, 0.05) is 25.1 Å². The first-order valence-corrected chi connectivity index (χ1v) is 13.7. The van der Waals surface area contributed by atoms with Crippen LogP contribution in [-0.2, 0) is 16.1 Å². The van der Waals surface area contributed by atoms with E-state index in [2.05, 4.69) is 34.6 Å². The molecule has 0 spiro atoms. The SMILES string of the molecule is COc1ccc2cc1OCCn1nc(C)nc1[C@H](C(C)C)NC(=O)CN(C(=O)CCC(C)C)CCCNC2=O. The Morgan fingerprint density at radius 1 is 1.21 bits per heavy atom. The third kappa shape index (κ3) is 8.43. The Labute approximate surface area is 230 Å². The summed E-state index contributed by atoms with van der Waals surface area (Å²) < 4.78 is 13.2. The molecule has 0 aliphatic carbocycles. The number of hydrogen-bond acceptors (Lipinski definition) is 7. The molecule has 2 bridgehead atoms. The van der Waals surface area contributed by atoms with Gasteiger partial charge in [0.1, 0.15) is 18.3 Å². The number of nitrogens with one attached hydrogen (secondary N) is 2. The molecule has 1 aliphatic rings. The van der Waals surface area contributed by atoms with Gasteiger partial charge < -0.3 is 25.0 Å². The minimum absolute atomic E-state index is 0.0277. The molecule has 11 nitrogen and oxygen atoms in total. The van der Waals surface area contributed by atoms with Crippen molar-refractivity contribution in [3.05, 3.63) is 35.4 Å². The van der Waals surface area contributed by atoms with Crippen molar-refractivity contribution in [1.29, 1.82) is 0 Å². The molecule has 214 valence electrons. The Balaban J connectivity index is 1.92. The monoisotopic (exact) mass is 542 g/mol. The lowest BCUT2D eigenvalue weighted by Gasteiger charge is -2.26. The fraction of sp³-hybridized carbons (Fsp3) is 0.607. The summed E-state index contributed by atoms with van der Waals surface area (Å²) in [5, 5.41) is 10.5. The van der Waals surface area contributed by atoms with Crippen molar-refractivity contribution in [1.82, 2.24) is 30.3 Å². The number of carbonyl (C=O) groups is 3. The van der Waals surface area contributed by atoms with Crippen LogP contribution >= 0.6 is 0 Å². The van der Waals surface area contributed by atoms with Crippen LogP contribution in [0.3, 0.4) is 0 Å². The van der Waals surface area contributed by atoms with Crippen molar-refractivity contribution >= 4 is 17.7 Å². The van der Waals surface area contributed by atoms with Crippen LogP contribution in [0.5, 0.6) is 11.5 Å². The Morgan fingerprint density at radius 2 is 1.97 bits per heavy atom. The van der Waals surface area contributed by atoms with Crippen molar-refractivity contribution in [2.24, 2.45) is 11.8 Å². The highest BCUT2D eigenvalue weighted by Crippen LogP contribution is 2.28. The smallest absolute Gasteiger partial charge is 0.251 e. The fourth-order valence-electron chi connectivity index (χ4n) is 4.40. The molecule has 11 heteroatoms. The summed E-state index contributed by atoms with van der Waals surface area (Å²) in [4.78, 5) is 45.3. The number of benzene rings is 1. The highest BCUT2D eigenvalue weighted by atomic mass is 16.5. The highest BCUT2D eigenvalue weighted by Gasteiger charge is 2.26. The molecule has 0 radical (unpaired) electrons. The summed E-state index contributed by atoms with van der Waals surface area (Å²) in [5.41, 5.74) is 0.438. The van der Waals surface area contributed by atoms with Crippen molar-refractivity contribution < 1.29 is 23.9 Å². The van der Waals surface area contributed by atoms with Crippen LogP contribution in [0.2, 0.25) is 0 Å². The molecule has 1 aromatic carbocycles. The maximum atomic E-state index is 13.2. The van der Waals surface area contributed by atoms with E-state index in [9.17, 15) is 14.4 Å². The van der Waals surface area contributed by atoms with Gasteiger partial charge in [0.2, 0.25) is 11.8 Å². The zero-order valence-corrected chi connectivity index (χ0v) is 24.0. The number of amides is 3. The lowest BCUT2D eigenvalue weighted by atomic mass is 10.0. The van der Waals surface area contributed by atoms with E-state index in [1.54, 1.807) is 41.8 Å². The first-order valence-electron chi connectivity index (χ1n) is 13.7. The third-order valence-electron chi connectivity index (χ3n) is 6.57. The van der Waals surface area contributed by atoms with E-state index in [0.717, 1.165) is 6.42 Å². The van der Waals surface area contributed by atoms with Crippen LogP contribution in [0, 0.1) is 18.8 Å². The molecule has 1 atom stereocenters. The lowest BCUT2D eigenvalue weighted by molar-refractivity contribution is -0.136. The predicted octanol–water partition coefficient (Wildman–Crippen LogP) is 2.89. The number of fused-ring (bicyclic) bond motifs is 3. The molecule has 0 fully saturated rings. The number of carbonyl (C=O) groups excluding carboxylic acids is 3. The molecule has 0 unspecified atom stereocenters. The number of nitrogens with zero attached hydrogens (tertiary/aromatic N) is 4. The topological polar surface area (TPSA) is 128 Å². The van der Waals surface area contributed by atoms with E-state index in [0.29, 0.717) is 67.1 Å². The van der Waals surface area contributed by atoms with Gasteiger partial charge in [-0.1, -0.05) is 27.7 Å². The average Bonchev–Trinajstić information content (AvgIpc) is 3.26. The maximum absolute atomic E-state index is 13.2.